The molecule has 35 heavy (non-hydrogen) atoms. The highest BCUT2D eigenvalue weighted by atomic mass is 16.6. The molecular formula is C32H51NO2. The van der Waals surface area contributed by atoms with Gasteiger partial charge in [-0.3, -0.25) is 10.1 Å². The molecular weight excluding hydrogens is 430 g/mol. The Kier molecular flexibility index (Phi) is 16.2. The summed E-state index contributed by atoms with van der Waals surface area (Å²) in [4.78, 5) is 11.3. The van der Waals surface area contributed by atoms with E-state index in [-0.39, 0.29) is 10.6 Å². The summed E-state index contributed by atoms with van der Waals surface area (Å²) in [6, 6.07) is 11.6. The van der Waals surface area contributed by atoms with Crippen LogP contribution in [0.3, 0.4) is 0 Å². The van der Waals surface area contributed by atoms with Crippen LogP contribution in [0.2, 0.25) is 0 Å². The SMILES string of the molecule is CCCCCCCCCCCCCCCCCCCCCCc1c([N+](=O)[O-])ccc2ccccc12. The van der Waals surface area contributed by atoms with Crippen LogP contribution in [-0.2, 0) is 6.42 Å². The van der Waals surface area contributed by atoms with Gasteiger partial charge in [0.2, 0.25) is 0 Å². The second-order valence-electron chi connectivity index (χ2n) is 10.5. The number of nitrogens with zero attached hydrogens (tertiary/aromatic N) is 1. The molecule has 3 nitrogen and oxygen atoms in total. The van der Waals surface area contributed by atoms with Crippen LogP contribution in [0.1, 0.15) is 141 Å². The molecule has 0 bridgehead atoms. The van der Waals surface area contributed by atoms with Gasteiger partial charge in [-0.05, 0) is 29.7 Å². The quantitative estimate of drug-likeness (QED) is 0.0953. The summed E-state index contributed by atoms with van der Waals surface area (Å²) in [7, 11) is 0. The third-order valence-corrected chi connectivity index (χ3v) is 7.49. The first-order valence-corrected chi connectivity index (χ1v) is 14.9. The van der Waals surface area contributed by atoms with E-state index in [0.29, 0.717) is 0 Å². The average molecular weight is 482 g/mol. The summed E-state index contributed by atoms with van der Waals surface area (Å²) in [5.74, 6) is 0. The first-order chi connectivity index (χ1) is 17.2. The predicted octanol–water partition coefficient (Wildman–Crippen LogP) is 11.1. The van der Waals surface area contributed by atoms with Crippen LogP contribution in [-0.4, -0.2) is 4.92 Å². The largest absolute Gasteiger partial charge is 0.273 e. The molecule has 0 N–H and O–H groups in total. The summed E-state index contributed by atoms with van der Waals surface area (Å²) in [5, 5.41) is 13.6. The minimum absolute atomic E-state index is 0.224. The molecule has 0 saturated heterocycles. The van der Waals surface area contributed by atoms with E-state index in [1.54, 1.807) is 6.07 Å². The summed E-state index contributed by atoms with van der Waals surface area (Å²) in [5.41, 5.74) is 1.19. The number of aryl methyl sites for hydroxylation is 1. The molecule has 0 amide bonds. The Labute approximate surface area is 215 Å². The highest BCUT2D eigenvalue weighted by molar-refractivity contribution is 5.88. The van der Waals surface area contributed by atoms with E-state index in [0.717, 1.165) is 29.2 Å². The summed E-state index contributed by atoms with van der Waals surface area (Å²) in [6.45, 7) is 2.29. The zero-order chi connectivity index (χ0) is 25.0. The number of hydrogen-bond donors (Lipinski definition) is 0. The van der Waals surface area contributed by atoms with Gasteiger partial charge in [-0.15, -0.1) is 0 Å². The minimum atomic E-state index is -0.224. The van der Waals surface area contributed by atoms with Crippen molar-refractivity contribution in [2.24, 2.45) is 0 Å². The highest BCUT2D eigenvalue weighted by Crippen LogP contribution is 2.29. The molecule has 2 aromatic carbocycles. The summed E-state index contributed by atoms with van der Waals surface area (Å²) in [6.07, 6.45) is 28.2. The van der Waals surface area contributed by atoms with Gasteiger partial charge in [0.1, 0.15) is 0 Å². The van der Waals surface area contributed by atoms with Crippen LogP contribution in [0.25, 0.3) is 10.8 Å². The van der Waals surface area contributed by atoms with Crippen LogP contribution in [0, 0.1) is 10.1 Å². The van der Waals surface area contributed by atoms with Crippen molar-refractivity contribution in [3.05, 3.63) is 52.1 Å². The lowest BCUT2D eigenvalue weighted by molar-refractivity contribution is -0.385. The second kappa shape index (κ2) is 19.3. The lowest BCUT2D eigenvalue weighted by Crippen LogP contribution is -1.97. The smallest absolute Gasteiger partial charge is 0.258 e. The van der Waals surface area contributed by atoms with Crippen molar-refractivity contribution in [3.63, 3.8) is 0 Å². The van der Waals surface area contributed by atoms with Gasteiger partial charge in [-0.25, -0.2) is 0 Å². The molecule has 196 valence electrons. The van der Waals surface area contributed by atoms with E-state index in [1.165, 1.54) is 122 Å². The fourth-order valence-corrected chi connectivity index (χ4v) is 5.32. The molecule has 0 aliphatic heterocycles. The van der Waals surface area contributed by atoms with Crippen LogP contribution in [0.4, 0.5) is 5.69 Å². The molecule has 0 radical (unpaired) electrons. The molecule has 0 fully saturated rings. The zero-order valence-corrected chi connectivity index (χ0v) is 22.6. The number of nitro groups is 1. The molecule has 0 aliphatic rings. The van der Waals surface area contributed by atoms with E-state index in [9.17, 15) is 10.1 Å². The van der Waals surface area contributed by atoms with Crippen LogP contribution < -0.4 is 0 Å². The maximum Gasteiger partial charge on any atom is 0.273 e. The van der Waals surface area contributed by atoms with Gasteiger partial charge >= 0.3 is 0 Å². The van der Waals surface area contributed by atoms with Gasteiger partial charge in [-0.2, -0.15) is 0 Å². The number of benzene rings is 2. The Bertz CT molecular complexity index is 816. The molecule has 0 saturated carbocycles. The molecule has 2 rings (SSSR count). The van der Waals surface area contributed by atoms with Crippen LogP contribution >= 0.6 is 0 Å². The van der Waals surface area contributed by atoms with Crippen molar-refractivity contribution < 1.29 is 4.92 Å². The van der Waals surface area contributed by atoms with Crippen molar-refractivity contribution in [2.75, 3.05) is 0 Å². The molecule has 0 spiro atoms. The van der Waals surface area contributed by atoms with E-state index >= 15 is 0 Å². The van der Waals surface area contributed by atoms with Gasteiger partial charge in [0.05, 0.1) is 4.92 Å². The summed E-state index contributed by atoms with van der Waals surface area (Å²) >= 11 is 0. The van der Waals surface area contributed by atoms with Crippen LogP contribution in [0.15, 0.2) is 36.4 Å². The Morgan fingerprint density at radius 1 is 0.571 bits per heavy atom. The van der Waals surface area contributed by atoms with Crippen molar-refractivity contribution >= 4 is 16.5 Å². The Morgan fingerprint density at radius 3 is 1.46 bits per heavy atom. The number of unbranched alkanes of at least 4 members (excludes halogenated alkanes) is 19. The first kappa shape index (κ1) is 29.3. The van der Waals surface area contributed by atoms with Gasteiger partial charge < -0.3 is 0 Å². The van der Waals surface area contributed by atoms with E-state index in [1.807, 2.05) is 30.3 Å². The third-order valence-electron chi connectivity index (χ3n) is 7.49. The molecule has 0 atom stereocenters. The summed E-state index contributed by atoms with van der Waals surface area (Å²) < 4.78 is 0. The molecule has 3 heteroatoms. The number of nitro benzene ring substituents is 1. The van der Waals surface area contributed by atoms with Gasteiger partial charge in [-0.1, -0.05) is 153 Å². The maximum atomic E-state index is 11.5. The number of hydrogen-bond acceptors (Lipinski definition) is 2. The van der Waals surface area contributed by atoms with Crippen molar-refractivity contribution in [2.45, 2.75) is 142 Å². The Hall–Kier alpha value is -1.90. The van der Waals surface area contributed by atoms with E-state index in [2.05, 4.69) is 6.92 Å². The normalized spacial score (nSPS) is 11.3. The molecule has 2 aromatic rings. The fourth-order valence-electron chi connectivity index (χ4n) is 5.32. The maximum absolute atomic E-state index is 11.5. The van der Waals surface area contributed by atoms with Gasteiger partial charge in [0.15, 0.2) is 0 Å². The minimum Gasteiger partial charge on any atom is -0.258 e. The monoisotopic (exact) mass is 481 g/mol. The predicted molar refractivity (Wildman–Crippen MR) is 152 cm³/mol. The molecule has 0 unspecified atom stereocenters. The van der Waals surface area contributed by atoms with Crippen molar-refractivity contribution in [3.8, 4) is 0 Å². The Morgan fingerprint density at radius 2 is 1.00 bits per heavy atom. The second-order valence-corrected chi connectivity index (χ2v) is 10.5. The highest BCUT2D eigenvalue weighted by Gasteiger charge is 2.16. The number of rotatable bonds is 22. The topological polar surface area (TPSA) is 43.1 Å². The van der Waals surface area contributed by atoms with E-state index in [4.69, 9.17) is 0 Å². The van der Waals surface area contributed by atoms with Gasteiger partial charge in [0.25, 0.3) is 5.69 Å². The fraction of sp³-hybridized carbons (Fsp3) is 0.688. The first-order valence-electron chi connectivity index (χ1n) is 14.9. The van der Waals surface area contributed by atoms with Crippen molar-refractivity contribution in [1.29, 1.82) is 0 Å². The lowest BCUT2D eigenvalue weighted by Gasteiger charge is -2.08. The zero-order valence-electron chi connectivity index (χ0n) is 22.6. The Balaban J connectivity index is 1.40. The number of fused-ring (bicyclic) bond motifs is 1. The van der Waals surface area contributed by atoms with Crippen LogP contribution in [0.5, 0.6) is 0 Å². The van der Waals surface area contributed by atoms with Gasteiger partial charge in [0, 0.05) is 11.6 Å². The molecule has 0 aliphatic carbocycles. The average Bonchev–Trinajstić information content (AvgIpc) is 2.87. The lowest BCUT2D eigenvalue weighted by atomic mass is 9.97. The van der Waals surface area contributed by atoms with E-state index < -0.39 is 0 Å². The molecule has 0 aromatic heterocycles. The van der Waals surface area contributed by atoms with Crippen molar-refractivity contribution in [1.82, 2.24) is 0 Å². The standard InChI is InChI=1S/C32H51NO2/c1-2-3-4-5-6-7-8-9-10-11-12-13-14-15-16-17-18-19-20-21-26-31-30-25-23-22-24-29(30)27-28-32(31)33(34)35/h22-25,27-28H,2-21,26H2,1H3. The molecule has 0 heterocycles. The third kappa shape index (κ3) is 12.6.